The van der Waals surface area contributed by atoms with Gasteiger partial charge in [0.05, 0.1) is 11.9 Å². The average molecular weight is 373 g/mol. The molecule has 4 heterocycles. The summed E-state index contributed by atoms with van der Waals surface area (Å²) >= 11 is 0. The number of hydrogen-bond donors (Lipinski definition) is 2. The van der Waals surface area contributed by atoms with Crippen LogP contribution >= 0.6 is 0 Å². The van der Waals surface area contributed by atoms with Gasteiger partial charge in [0.2, 0.25) is 5.91 Å². The highest BCUT2D eigenvalue weighted by Gasteiger charge is 2.16. The predicted octanol–water partition coefficient (Wildman–Crippen LogP) is 2.04. The lowest BCUT2D eigenvalue weighted by Crippen LogP contribution is -2.36. The molecule has 0 aliphatic carbocycles. The Labute approximate surface area is 162 Å². The standard InChI is InChI=1S/C20H19N7O/c1-14-8-15(4-5-22-14)17-10-25-27(12-17)13-20(28)26-19-3-2-16(9-24-19)18-11-21-6-7-23-18/h2-9,11-12,25H,10,13H2,1H3,(H,24,26,28). The van der Waals surface area contributed by atoms with Gasteiger partial charge in [0.25, 0.3) is 0 Å². The van der Waals surface area contributed by atoms with Crippen molar-refractivity contribution in [3.63, 3.8) is 0 Å². The van der Waals surface area contributed by atoms with Crippen LogP contribution in [0.5, 0.6) is 0 Å². The first-order valence-corrected chi connectivity index (χ1v) is 8.83. The Bertz CT molecular complexity index is 1000. The Balaban J connectivity index is 1.36. The van der Waals surface area contributed by atoms with Gasteiger partial charge in [-0.1, -0.05) is 0 Å². The van der Waals surface area contributed by atoms with Crippen LogP contribution in [0.2, 0.25) is 0 Å². The number of rotatable bonds is 5. The van der Waals surface area contributed by atoms with Gasteiger partial charge in [0.1, 0.15) is 12.4 Å². The molecular formula is C20H19N7O. The van der Waals surface area contributed by atoms with Crippen molar-refractivity contribution in [2.75, 3.05) is 18.4 Å². The zero-order chi connectivity index (χ0) is 19.3. The van der Waals surface area contributed by atoms with E-state index in [9.17, 15) is 4.79 Å². The van der Waals surface area contributed by atoms with Crippen molar-refractivity contribution in [1.82, 2.24) is 30.4 Å². The molecule has 0 unspecified atom stereocenters. The summed E-state index contributed by atoms with van der Waals surface area (Å²) in [6.07, 6.45) is 10.3. The number of nitrogens with one attached hydrogen (secondary N) is 2. The van der Waals surface area contributed by atoms with Crippen molar-refractivity contribution in [3.05, 3.63) is 72.7 Å². The molecule has 1 aliphatic heterocycles. The van der Waals surface area contributed by atoms with E-state index < -0.39 is 0 Å². The molecule has 0 bridgehead atoms. The molecular weight excluding hydrogens is 354 g/mol. The van der Waals surface area contributed by atoms with E-state index in [1.165, 1.54) is 0 Å². The quantitative estimate of drug-likeness (QED) is 0.706. The first-order valence-electron chi connectivity index (χ1n) is 8.83. The van der Waals surface area contributed by atoms with E-state index in [1.54, 1.807) is 42.1 Å². The summed E-state index contributed by atoms with van der Waals surface area (Å²) in [5.74, 6) is 0.335. The van der Waals surface area contributed by atoms with Gasteiger partial charge in [-0.3, -0.25) is 19.7 Å². The van der Waals surface area contributed by atoms with Crippen LogP contribution in [0.1, 0.15) is 11.3 Å². The number of hydrazine groups is 1. The first-order chi connectivity index (χ1) is 13.7. The fourth-order valence-electron chi connectivity index (χ4n) is 2.89. The summed E-state index contributed by atoms with van der Waals surface area (Å²) in [7, 11) is 0. The molecule has 0 atom stereocenters. The number of amides is 1. The van der Waals surface area contributed by atoms with Gasteiger partial charge >= 0.3 is 0 Å². The van der Waals surface area contributed by atoms with Crippen LogP contribution in [0.15, 0.2) is 61.4 Å². The minimum atomic E-state index is -0.157. The van der Waals surface area contributed by atoms with Crippen LogP contribution in [0.4, 0.5) is 5.82 Å². The fourth-order valence-corrected chi connectivity index (χ4v) is 2.89. The van der Waals surface area contributed by atoms with Gasteiger partial charge in [-0.05, 0) is 42.3 Å². The van der Waals surface area contributed by atoms with Gasteiger partial charge in [-0.25, -0.2) is 10.4 Å². The second-order valence-electron chi connectivity index (χ2n) is 6.37. The number of pyridine rings is 2. The minimum absolute atomic E-state index is 0.157. The van der Waals surface area contributed by atoms with Crippen molar-refractivity contribution in [2.45, 2.75) is 6.92 Å². The lowest BCUT2D eigenvalue weighted by atomic mass is 10.1. The molecule has 2 N–H and O–H groups in total. The highest BCUT2D eigenvalue weighted by atomic mass is 16.2. The smallest absolute Gasteiger partial charge is 0.246 e. The highest BCUT2D eigenvalue weighted by Crippen LogP contribution is 2.19. The molecule has 28 heavy (non-hydrogen) atoms. The summed E-state index contributed by atoms with van der Waals surface area (Å²) < 4.78 is 0. The first kappa shape index (κ1) is 17.7. The summed E-state index contributed by atoms with van der Waals surface area (Å²) in [5.41, 5.74) is 7.95. The summed E-state index contributed by atoms with van der Waals surface area (Å²) in [5, 5.41) is 4.58. The zero-order valence-electron chi connectivity index (χ0n) is 15.3. The Morgan fingerprint density at radius 2 is 2.04 bits per heavy atom. The Hall–Kier alpha value is -3.65. The number of nitrogens with zero attached hydrogens (tertiary/aromatic N) is 5. The van der Waals surface area contributed by atoms with E-state index in [-0.39, 0.29) is 12.5 Å². The molecule has 1 aliphatic rings. The van der Waals surface area contributed by atoms with E-state index in [1.807, 2.05) is 31.3 Å². The maximum atomic E-state index is 12.3. The summed E-state index contributed by atoms with van der Waals surface area (Å²) in [4.78, 5) is 29.1. The zero-order valence-corrected chi connectivity index (χ0v) is 15.3. The molecule has 8 heteroatoms. The lowest BCUT2D eigenvalue weighted by Gasteiger charge is -2.15. The van der Waals surface area contributed by atoms with Gasteiger partial charge in [-0.2, -0.15) is 0 Å². The molecule has 0 radical (unpaired) electrons. The van der Waals surface area contributed by atoms with Crippen molar-refractivity contribution in [1.29, 1.82) is 0 Å². The Morgan fingerprint density at radius 3 is 2.79 bits per heavy atom. The number of anilines is 1. The number of hydrogen-bond acceptors (Lipinski definition) is 7. The molecule has 0 spiro atoms. The van der Waals surface area contributed by atoms with Crippen LogP contribution in [-0.2, 0) is 4.79 Å². The van der Waals surface area contributed by atoms with Crippen molar-refractivity contribution >= 4 is 17.3 Å². The number of aryl methyl sites for hydroxylation is 1. The molecule has 4 rings (SSSR count). The van der Waals surface area contributed by atoms with Crippen LogP contribution in [0.3, 0.4) is 0 Å². The summed E-state index contributed by atoms with van der Waals surface area (Å²) in [6.45, 7) is 2.81. The van der Waals surface area contributed by atoms with Crippen LogP contribution < -0.4 is 10.7 Å². The maximum Gasteiger partial charge on any atom is 0.246 e. The minimum Gasteiger partial charge on any atom is -0.309 e. The molecule has 8 nitrogen and oxygen atoms in total. The fraction of sp³-hybridized carbons (Fsp3) is 0.150. The molecule has 1 amide bonds. The molecule has 0 saturated carbocycles. The van der Waals surface area contributed by atoms with Crippen LogP contribution in [0, 0.1) is 6.92 Å². The van der Waals surface area contributed by atoms with Gasteiger partial charge in [0, 0.05) is 48.8 Å². The van der Waals surface area contributed by atoms with Gasteiger partial charge in [-0.15, -0.1) is 0 Å². The van der Waals surface area contributed by atoms with E-state index in [4.69, 9.17) is 0 Å². The van der Waals surface area contributed by atoms with Gasteiger partial charge in [0.15, 0.2) is 0 Å². The van der Waals surface area contributed by atoms with Crippen molar-refractivity contribution in [3.8, 4) is 11.3 Å². The second kappa shape index (κ2) is 7.93. The van der Waals surface area contributed by atoms with Crippen LogP contribution in [0.25, 0.3) is 16.8 Å². The lowest BCUT2D eigenvalue weighted by molar-refractivity contribution is -0.117. The van der Waals surface area contributed by atoms with Gasteiger partial charge < -0.3 is 10.3 Å². The van der Waals surface area contributed by atoms with Crippen LogP contribution in [-0.4, -0.2) is 43.9 Å². The molecule has 3 aromatic heterocycles. The van der Waals surface area contributed by atoms with E-state index in [0.29, 0.717) is 12.4 Å². The van der Waals surface area contributed by atoms with Crippen molar-refractivity contribution < 1.29 is 4.79 Å². The molecule has 140 valence electrons. The molecule has 0 saturated heterocycles. The predicted molar refractivity (Wildman–Crippen MR) is 106 cm³/mol. The molecule has 3 aromatic rings. The third-order valence-corrected chi connectivity index (χ3v) is 4.26. The normalized spacial score (nSPS) is 13.3. The SMILES string of the molecule is Cc1cc(C2=CN(CC(=O)Nc3ccc(-c4cnccn4)cn3)NC2)ccn1. The number of carbonyl (C=O) groups excluding carboxylic acids is 1. The third-order valence-electron chi connectivity index (χ3n) is 4.26. The van der Waals surface area contributed by atoms with E-state index in [0.717, 1.165) is 28.1 Å². The van der Waals surface area contributed by atoms with E-state index in [2.05, 4.69) is 30.7 Å². The maximum absolute atomic E-state index is 12.3. The number of aromatic nitrogens is 4. The van der Waals surface area contributed by atoms with Crippen molar-refractivity contribution in [2.24, 2.45) is 0 Å². The third kappa shape index (κ3) is 4.18. The Kier molecular flexibility index (Phi) is 5.03. The van der Waals surface area contributed by atoms with E-state index >= 15 is 0 Å². The monoisotopic (exact) mass is 373 g/mol. The largest absolute Gasteiger partial charge is 0.309 e. The number of carbonyl (C=O) groups is 1. The topological polar surface area (TPSA) is 95.9 Å². The second-order valence-corrected chi connectivity index (χ2v) is 6.37. The molecule has 0 aromatic carbocycles. The highest BCUT2D eigenvalue weighted by molar-refractivity contribution is 5.91. The molecule has 0 fully saturated rings. The average Bonchev–Trinajstić information content (AvgIpc) is 3.17. The summed E-state index contributed by atoms with van der Waals surface area (Å²) in [6, 6.07) is 7.59. The Morgan fingerprint density at radius 1 is 1.11 bits per heavy atom.